The molecule has 4 nitrogen and oxygen atoms in total. The lowest BCUT2D eigenvalue weighted by Gasteiger charge is -2.20. The van der Waals surface area contributed by atoms with Gasteiger partial charge in [-0.15, -0.1) is 0 Å². The van der Waals surface area contributed by atoms with E-state index in [4.69, 9.17) is 5.26 Å². The first kappa shape index (κ1) is 13.2. The van der Waals surface area contributed by atoms with Gasteiger partial charge in [-0.25, -0.2) is 0 Å². The molecule has 1 amide bonds. The van der Waals surface area contributed by atoms with E-state index in [0.717, 1.165) is 10.9 Å². The fourth-order valence-electron chi connectivity index (χ4n) is 2.00. The molecule has 1 aromatic heterocycles. The van der Waals surface area contributed by atoms with E-state index in [9.17, 15) is 4.79 Å². The van der Waals surface area contributed by atoms with Gasteiger partial charge in [0.05, 0.1) is 11.6 Å². The molecule has 0 aliphatic carbocycles. The van der Waals surface area contributed by atoms with Crippen LogP contribution in [-0.2, 0) is 11.3 Å². The lowest BCUT2D eigenvalue weighted by atomic mass is 10.1. The van der Waals surface area contributed by atoms with E-state index in [0.29, 0.717) is 5.56 Å². The topological polar surface area (TPSA) is 57.8 Å². The maximum atomic E-state index is 11.9. The van der Waals surface area contributed by atoms with Crippen molar-refractivity contribution in [2.75, 3.05) is 0 Å². The minimum Gasteiger partial charge on any atom is -0.350 e. The number of hydrogen-bond donors (Lipinski definition) is 1. The van der Waals surface area contributed by atoms with E-state index < -0.39 is 0 Å². The van der Waals surface area contributed by atoms with Gasteiger partial charge in [-0.05, 0) is 44.4 Å². The minimum atomic E-state index is -0.238. The molecule has 1 aromatic carbocycles. The summed E-state index contributed by atoms with van der Waals surface area (Å²) in [6.07, 6.45) is 1.87. The van der Waals surface area contributed by atoms with Crippen LogP contribution in [0, 0.1) is 11.3 Å². The van der Waals surface area contributed by atoms with Crippen LogP contribution < -0.4 is 5.32 Å². The molecule has 0 radical (unpaired) electrons. The minimum absolute atomic E-state index is 0.0349. The Hall–Kier alpha value is -2.28. The van der Waals surface area contributed by atoms with Crippen LogP contribution in [0.4, 0.5) is 0 Å². The van der Waals surface area contributed by atoms with Gasteiger partial charge in [0.2, 0.25) is 5.91 Å². The zero-order valence-corrected chi connectivity index (χ0v) is 11.4. The summed E-state index contributed by atoms with van der Waals surface area (Å²) in [6.45, 7) is 6.11. The predicted molar refractivity (Wildman–Crippen MR) is 74.5 cm³/mol. The van der Waals surface area contributed by atoms with Crippen LogP contribution in [0.25, 0.3) is 10.9 Å². The van der Waals surface area contributed by atoms with Crippen LogP contribution in [0.3, 0.4) is 0 Å². The third-order valence-corrected chi connectivity index (χ3v) is 2.73. The highest BCUT2D eigenvalue weighted by atomic mass is 16.2. The number of fused-ring (bicyclic) bond motifs is 1. The second kappa shape index (κ2) is 4.77. The van der Waals surface area contributed by atoms with Gasteiger partial charge in [0, 0.05) is 17.3 Å². The van der Waals surface area contributed by atoms with Gasteiger partial charge in [0.25, 0.3) is 0 Å². The molecule has 0 bridgehead atoms. The summed E-state index contributed by atoms with van der Waals surface area (Å²) in [5.41, 5.74) is 1.27. The van der Waals surface area contributed by atoms with Crippen molar-refractivity contribution < 1.29 is 4.79 Å². The normalized spacial score (nSPS) is 11.3. The average Bonchev–Trinajstić information content (AvgIpc) is 2.69. The van der Waals surface area contributed by atoms with Gasteiger partial charge < -0.3 is 9.88 Å². The molecular weight excluding hydrogens is 238 g/mol. The molecule has 0 saturated carbocycles. The molecule has 0 aliphatic heterocycles. The fraction of sp³-hybridized carbons (Fsp3) is 0.333. The van der Waals surface area contributed by atoms with Crippen molar-refractivity contribution in [1.82, 2.24) is 9.88 Å². The predicted octanol–water partition coefficient (Wildman–Crippen LogP) is 2.43. The Morgan fingerprint density at radius 2 is 2.11 bits per heavy atom. The van der Waals surface area contributed by atoms with E-state index in [1.807, 2.05) is 43.7 Å². The number of nitrogens with zero attached hydrogens (tertiary/aromatic N) is 2. The Balaban J connectivity index is 2.26. The molecule has 2 rings (SSSR count). The first-order chi connectivity index (χ1) is 8.89. The molecule has 2 aromatic rings. The molecule has 0 aliphatic rings. The zero-order chi connectivity index (χ0) is 14.0. The first-order valence-corrected chi connectivity index (χ1v) is 6.19. The van der Waals surface area contributed by atoms with Crippen molar-refractivity contribution in [1.29, 1.82) is 5.26 Å². The number of nitrogens with one attached hydrogen (secondary N) is 1. The SMILES string of the molecule is CC(C)(C)NC(=O)Cn1ccc2ccc(C#N)cc21. The lowest BCUT2D eigenvalue weighted by molar-refractivity contribution is -0.123. The number of carbonyl (C=O) groups excluding carboxylic acids is 1. The zero-order valence-electron chi connectivity index (χ0n) is 11.4. The number of hydrogen-bond acceptors (Lipinski definition) is 2. The number of amides is 1. The largest absolute Gasteiger partial charge is 0.350 e. The summed E-state index contributed by atoms with van der Waals surface area (Å²) in [7, 11) is 0. The third kappa shape index (κ3) is 3.14. The third-order valence-electron chi connectivity index (χ3n) is 2.73. The second-order valence-corrected chi connectivity index (χ2v) is 5.63. The van der Waals surface area contributed by atoms with Gasteiger partial charge in [-0.3, -0.25) is 4.79 Å². The Kier molecular flexibility index (Phi) is 3.30. The average molecular weight is 255 g/mol. The summed E-state index contributed by atoms with van der Waals surface area (Å²) in [4.78, 5) is 11.9. The maximum absolute atomic E-state index is 11.9. The van der Waals surface area contributed by atoms with Crippen LogP contribution >= 0.6 is 0 Å². The monoisotopic (exact) mass is 255 g/mol. The maximum Gasteiger partial charge on any atom is 0.240 e. The van der Waals surface area contributed by atoms with Gasteiger partial charge in [-0.1, -0.05) is 6.07 Å². The number of benzene rings is 1. The van der Waals surface area contributed by atoms with E-state index in [2.05, 4.69) is 11.4 Å². The van der Waals surface area contributed by atoms with E-state index >= 15 is 0 Å². The van der Waals surface area contributed by atoms with E-state index in [1.54, 1.807) is 12.1 Å². The van der Waals surface area contributed by atoms with Crippen molar-refractivity contribution in [3.63, 3.8) is 0 Å². The quantitative estimate of drug-likeness (QED) is 0.896. The Morgan fingerprint density at radius 1 is 1.37 bits per heavy atom. The molecular formula is C15H17N3O. The van der Waals surface area contributed by atoms with E-state index in [1.165, 1.54) is 0 Å². The van der Waals surface area contributed by atoms with Crippen molar-refractivity contribution in [3.05, 3.63) is 36.0 Å². The smallest absolute Gasteiger partial charge is 0.240 e. The standard InChI is InChI=1S/C15H17N3O/c1-15(2,3)17-14(19)10-18-7-6-12-5-4-11(9-16)8-13(12)18/h4-8H,10H2,1-3H3,(H,17,19). The van der Waals surface area contributed by atoms with Crippen LogP contribution in [0.2, 0.25) is 0 Å². The summed E-state index contributed by atoms with van der Waals surface area (Å²) < 4.78 is 1.86. The van der Waals surface area contributed by atoms with Crippen molar-refractivity contribution in [2.24, 2.45) is 0 Å². The highest BCUT2D eigenvalue weighted by Crippen LogP contribution is 2.17. The first-order valence-electron chi connectivity index (χ1n) is 6.19. The van der Waals surface area contributed by atoms with Crippen LogP contribution in [0.1, 0.15) is 26.3 Å². The highest BCUT2D eigenvalue weighted by Gasteiger charge is 2.14. The number of aromatic nitrogens is 1. The highest BCUT2D eigenvalue weighted by molar-refractivity contribution is 5.84. The van der Waals surface area contributed by atoms with Gasteiger partial charge in [0.1, 0.15) is 6.54 Å². The number of nitriles is 1. The molecule has 4 heteroatoms. The molecule has 0 unspecified atom stereocenters. The Morgan fingerprint density at radius 3 is 2.74 bits per heavy atom. The number of carbonyl (C=O) groups is 1. The Bertz CT molecular complexity index is 656. The van der Waals surface area contributed by atoms with Gasteiger partial charge in [0.15, 0.2) is 0 Å². The van der Waals surface area contributed by atoms with Gasteiger partial charge >= 0.3 is 0 Å². The second-order valence-electron chi connectivity index (χ2n) is 5.63. The molecule has 0 saturated heterocycles. The number of rotatable bonds is 2. The molecule has 0 spiro atoms. The molecule has 98 valence electrons. The summed E-state index contributed by atoms with van der Waals surface area (Å²) in [5, 5.41) is 12.9. The van der Waals surface area contributed by atoms with Crippen LogP contribution in [-0.4, -0.2) is 16.0 Å². The van der Waals surface area contributed by atoms with Gasteiger partial charge in [-0.2, -0.15) is 5.26 Å². The van der Waals surface area contributed by atoms with Crippen LogP contribution in [0.5, 0.6) is 0 Å². The summed E-state index contributed by atoms with van der Waals surface area (Å²) >= 11 is 0. The van der Waals surface area contributed by atoms with Crippen molar-refractivity contribution >= 4 is 16.8 Å². The molecule has 0 fully saturated rings. The fourth-order valence-corrected chi connectivity index (χ4v) is 2.00. The summed E-state index contributed by atoms with van der Waals surface area (Å²) in [6, 6.07) is 9.54. The van der Waals surface area contributed by atoms with E-state index in [-0.39, 0.29) is 18.0 Å². The molecule has 0 atom stereocenters. The lowest BCUT2D eigenvalue weighted by Crippen LogP contribution is -2.42. The Labute approximate surface area is 112 Å². The van der Waals surface area contributed by atoms with Crippen molar-refractivity contribution in [2.45, 2.75) is 32.9 Å². The molecule has 1 N–H and O–H groups in total. The molecule has 1 heterocycles. The molecule has 19 heavy (non-hydrogen) atoms. The van der Waals surface area contributed by atoms with Crippen LogP contribution in [0.15, 0.2) is 30.5 Å². The van der Waals surface area contributed by atoms with Crippen molar-refractivity contribution in [3.8, 4) is 6.07 Å². The summed E-state index contributed by atoms with van der Waals surface area (Å²) in [5.74, 6) is -0.0349.